The number of nitrogens with one attached hydrogen (secondary N) is 1. The predicted octanol–water partition coefficient (Wildman–Crippen LogP) is -2.87. The molecule has 0 unspecified atom stereocenters. The van der Waals surface area contributed by atoms with Crippen LogP contribution in [0.15, 0.2) is 0 Å². The van der Waals surface area contributed by atoms with Gasteiger partial charge in [-0.05, 0) is 0 Å². The number of hydrogen-bond donors (Lipinski definition) is 5. The second-order valence-electron chi connectivity index (χ2n) is 2.77. The molecule has 70 valence electrons. The van der Waals surface area contributed by atoms with E-state index in [0.29, 0.717) is 0 Å². The number of β-amino-alcohol motifs (C(OH)–C–C–N with tert-alkyl or cyclic N) is 1. The Balaban J connectivity index is 2.65. The Hall–Kier alpha value is -0.690. The summed E-state index contributed by atoms with van der Waals surface area (Å²) in [4.78, 5) is 10.4. The van der Waals surface area contributed by atoms with E-state index in [4.69, 9.17) is 20.4 Å². The van der Waals surface area contributed by atoms with Gasteiger partial charge < -0.3 is 20.4 Å². The fourth-order valence-corrected chi connectivity index (χ4v) is 1.15. The summed E-state index contributed by atoms with van der Waals surface area (Å²) in [5, 5.41) is 38.1. The van der Waals surface area contributed by atoms with Gasteiger partial charge in [0.25, 0.3) is 0 Å². The van der Waals surface area contributed by atoms with Gasteiger partial charge in [-0.25, -0.2) is 0 Å². The van der Waals surface area contributed by atoms with Crippen LogP contribution in [-0.2, 0) is 4.79 Å². The second-order valence-corrected chi connectivity index (χ2v) is 2.77. The smallest absolute Gasteiger partial charge is 0.323 e. The number of piperidine rings is 1. The summed E-state index contributed by atoms with van der Waals surface area (Å²) in [6.07, 6.45) is -3.98. The van der Waals surface area contributed by atoms with E-state index in [1.54, 1.807) is 0 Å². The minimum Gasteiger partial charge on any atom is -0.480 e. The van der Waals surface area contributed by atoms with Gasteiger partial charge in [0.1, 0.15) is 18.2 Å². The van der Waals surface area contributed by atoms with Gasteiger partial charge >= 0.3 is 5.97 Å². The third-order valence-electron chi connectivity index (χ3n) is 1.90. The molecule has 4 atom stereocenters. The van der Waals surface area contributed by atoms with Gasteiger partial charge in [-0.3, -0.25) is 10.1 Å². The number of aliphatic carboxylic acids is 1. The van der Waals surface area contributed by atoms with Crippen molar-refractivity contribution in [3.05, 3.63) is 0 Å². The molecule has 1 rings (SSSR count). The average Bonchev–Trinajstić information content (AvgIpc) is 2.00. The number of carboxylic acid groups (broad SMARTS) is 1. The molecule has 1 aliphatic heterocycles. The topological polar surface area (TPSA) is 110 Å². The van der Waals surface area contributed by atoms with Gasteiger partial charge in [0.05, 0.1) is 6.10 Å². The average molecular weight is 177 g/mol. The van der Waals surface area contributed by atoms with Crippen LogP contribution in [0.3, 0.4) is 0 Å². The molecule has 0 aromatic heterocycles. The van der Waals surface area contributed by atoms with Crippen molar-refractivity contribution in [1.29, 1.82) is 0 Å². The molecule has 1 aliphatic rings. The standard InChI is InChI=1S/C6H11NO5/c8-2-1-7-3(6(11)12)5(10)4(2)9/h2-5,7-10H,1H2,(H,11,12)/t2-,3+,4-,5-/m0/s1. The molecular weight excluding hydrogens is 166 g/mol. The largest absolute Gasteiger partial charge is 0.480 e. The zero-order valence-corrected chi connectivity index (χ0v) is 6.21. The maximum atomic E-state index is 10.4. The number of hydrogen-bond acceptors (Lipinski definition) is 5. The predicted molar refractivity (Wildman–Crippen MR) is 37.4 cm³/mol. The lowest BCUT2D eigenvalue weighted by Gasteiger charge is -2.33. The molecule has 6 nitrogen and oxygen atoms in total. The lowest BCUT2D eigenvalue weighted by Crippen LogP contribution is -2.62. The molecule has 1 saturated heterocycles. The second kappa shape index (κ2) is 3.36. The highest BCUT2D eigenvalue weighted by Gasteiger charge is 2.39. The van der Waals surface area contributed by atoms with E-state index in [1.807, 2.05) is 0 Å². The highest BCUT2D eigenvalue weighted by atomic mass is 16.4. The number of aliphatic hydroxyl groups is 3. The Morgan fingerprint density at radius 2 is 1.83 bits per heavy atom. The minimum absolute atomic E-state index is 0.0325. The van der Waals surface area contributed by atoms with Crippen LogP contribution in [0.25, 0.3) is 0 Å². The fraction of sp³-hybridized carbons (Fsp3) is 0.833. The molecule has 0 saturated carbocycles. The normalized spacial score (nSPS) is 42.6. The van der Waals surface area contributed by atoms with Gasteiger partial charge in [0.15, 0.2) is 0 Å². The van der Waals surface area contributed by atoms with Gasteiger partial charge in [-0.15, -0.1) is 0 Å². The van der Waals surface area contributed by atoms with Crippen LogP contribution < -0.4 is 5.32 Å². The maximum Gasteiger partial charge on any atom is 0.323 e. The SMILES string of the molecule is O=C(O)[C@@H]1NC[C@H](O)[C@H](O)[C@H]1O. The van der Waals surface area contributed by atoms with Gasteiger partial charge in [0, 0.05) is 6.54 Å². The van der Waals surface area contributed by atoms with Gasteiger partial charge in [0.2, 0.25) is 0 Å². The monoisotopic (exact) mass is 177 g/mol. The summed E-state index contributed by atoms with van der Waals surface area (Å²) in [5.74, 6) is -1.24. The first-order valence-electron chi connectivity index (χ1n) is 3.54. The van der Waals surface area contributed by atoms with Crippen molar-refractivity contribution < 1.29 is 25.2 Å². The summed E-state index contributed by atoms with van der Waals surface area (Å²) in [7, 11) is 0. The zero-order chi connectivity index (χ0) is 9.30. The number of aliphatic hydroxyl groups excluding tert-OH is 3. The Morgan fingerprint density at radius 3 is 2.33 bits per heavy atom. The maximum absolute atomic E-state index is 10.4. The number of carboxylic acids is 1. The highest BCUT2D eigenvalue weighted by molar-refractivity contribution is 5.74. The number of carbonyl (C=O) groups is 1. The van der Waals surface area contributed by atoms with E-state index in [0.717, 1.165) is 0 Å². The quantitative estimate of drug-likeness (QED) is 0.294. The van der Waals surface area contributed by atoms with Gasteiger partial charge in [-0.1, -0.05) is 0 Å². The summed E-state index contributed by atoms with van der Waals surface area (Å²) < 4.78 is 0. The van der Waals surface area contributed by atoms with Crippen molar-refractivity contribution in [3.8, 4) is 0 Å². The van der Waals surface area contributed by atoms with Gasteiger partial charge in [-0.2, -0.15) is 0 Å². The van der Waals surface area contributed by atoms with Crippen LogP contribution in [0, 0.1) is 0 Å². The molecule has 5 N–H and O–H groups in total. The van der Waals surface area contributed by atoms with Crippen molar-refractivity contribution in [2.45, 2.75) is 24.4 Å². The van der Waals surface area contributed by atoms with E-state index in [1.165, 1.54) is 0 Å². The Morgan fingerprint density at radius 1 is 1.25 bits per heavy atom. The molecule has 0 amide bonds. The molecule has 1 heterocycles. The van der Waals surface area contributed by atoms with E-state index in [2.05, 4.69) is 5.32 Å². The third kappa shape index (κ3) is 1.56. The molecule has 6 heteroatoms. The Bertz CT molecular complexity index is 185. The third-order valence-corrected chi connectivity index (χ3v) is 1.90. The van der Waals surface area contributed by atoms with Crippen LogP contribution in [0.4, 0.5) is 0 Å². The van der Waals surface area contributed by atoms with Crippen molar-refractivity contribution in [3.63, 3.8) is 0 Å². The van der Waals surface area contributed by atoms with Crippen LogP contribution in [0.5, 0.6) is 0 Å². The molecule has 0 bridgehead atoms. The molecule has 0 aromatic rings. The van der Waals surface area contributed by atoms with Crippen LogP contribution in [0.1, 0.15) is 0 Å². The molecule has 0 aliphatic carbocycles. The molecule has 0 radical (unpaired) electrons. The summed E-state index contributed by atoms with van der Waals surface area (Å²) in [5.41, 5.74) is 0. The van der Waals surface area contributed by atoms with Crippen molar-refractivity contribution in [2.24, 2.45) is 0 Å². The summed E-state index contributed by atoms with van der Waals surface area (Å²) >= 11 is 0. The van der Waals surface area contributed by atoms with Crippen molar-refractivity contribution in [1.82, 2.24) is 5.32 Å². The molecule has 1 fully saturated rings. The minimum atomic E-state index is -1.47. The first-order valence-corrected chi connectivity index (χ1v) is 3.54. The van der Waals surface area contributed by atoms with E-state index in [9.17, 15) is 4.79 Å². The van der Waals surface area contributed by atoms with E-state index in [-0.39, 0.29) is 6.54 Å². The Labute approximate surface area is 68.4 Å². The zero-order valence-electron chi connectivity index (χ0n) is 6.21. The van der Waals surface area contributed by atoms with Crippen molar-refractivity contribution in [2.75, 3.05) is 6.54 Å². The van der Waals surface area contributed by atoms with E-state index < -0.39 is 30.3 Å². The highest BCUT2D eigenvalue weighted by Crippen LogP contribution is 2.10. The van der Waals surface area contributed by atoms with Crippen LogP contribution in [-0.4, -0.2) is 57.3 Å². The number of rotatable bonds is 1. The van der Waals surface area contributed by atoms with Crippen molar-refractivity contribution >= 4 is 5.97 Å². The lowest BCUT2D eigenvalue weighted by atomic mass is 9.96. The Kier molecular flexibility index (Phi) is 2.63. The summed E-state index contributed by atoms with van der Waals surface area (Å²) in [6.45, 7) is -0.0325. The molecular formula is C6H11NO5. The lowest BCUT2D eigenvalue weighted by molar-refractivity contribution is -0.152. The summed E-state index contributed by atoms with van der Waals surface area (Å²) in [6, 6.07) is -1.21. The first kappa shape index (κ1) is 9.40. The fourth-order valence-electron chi connectivity index (χ4n) is 1.15. The molecule has 0 spiro atoms. The molecule has 0 aromatic carbocycles. The van der Waals surface area contributed by atoms with E-state index >= 15 is 0 Å². The first-order chi connectivity index (χ1) is 5.54. The van der Waals surface area contributed by atoms with Crippen LogP contribution in [0.2, 0.25) is 0 Å². The molecule has 12 heavy (non-hydrogen) atoms. The van der Waals surface area contributed by atoms with Crippen LogP contribution >= 0.6 is 0 Å².